The van der Waals surface area contributed by atoms with E-state index in [0.717, 1.165) is 17.7 Å². The summed E-state index contributed by atoms with van der Waals surface area (Å²) in [7, 11) is 1.98. The summed E-state index contributed by atoms with van der Waals surface area (Å²) in [5, 5.41) is 0. The molecule has 29 heavy (non-hydrogen) atoms. The Morgan fingerprint density at radius 1 is 1.07 bits per heavy atom. The Bertz CT molecular complexity index is 809. The molecule has 2 amide bonds. The summed E-state index contributed by atoms with van der Waals surface area (Å²) in [4.78, 5) is 29.3. The first-order chi connectivity index (χ1) is 13.9. The molecule has 0 fully saturated rings. The fraction of sp³-hybridized carbons (Fsp3) is 0.417. The van der Waals surface area contributed by atoms with Crippen LogP contribution in [0.3, 0.4) is 0 Å². The SMILES string of the molecule is CCCN(CC(=O)N(Cc1cccn1C)CC(C)C)C(=O)/C=C/c1ccccc1. The van der Waals surface area contributed by atoms with Crippen molar-refractivity contribution in [2.75, 3.05) is 19.6 Å². The summed E-state index contributed by atoms with van der Waals surface area (Å²) in [5.41, 5.74) is 2.05. The maximum absolute atomic E-state index is 13.1. The van der Waals surface area contributed by atoms with Crippen molar-refractivity contribution >= 4 is 17.9 Å². The van der Waals surface area contributed by atoms with Crippen LogP contribution in [-0.4, -0.2) is 45.8 Å². The van der Waals surface area contributed by atoms with E-state index >= 15 is 0 Å². The molecular formula is C24H33N3O2. The van der Waals surface area contributed by atoms with E-state index in [0.29, 0.717) is 25.6 Å². The number of nitrogens with zero attached hydrogens (tertiary/aromatic N) is 3. The Labute approximate surface area is 174 Å². The normalized spacial score (nSPS) is 11.2. The lowest BCUT2D eigenvalue weighted by Gasteiger charge is -2.28. The first-order valence-corrected chi connectivity index (χ1v) is 10.3. The molecule has 0 saturated carbocycles. The van der Waals surface area contributed by atoms with Gasteiger partial charge in [0.1, 0.15) is 6.54 Å². The van der Waals surface area contributed by atoms with Crippen LogP contribution in [0.2, 0.25) is 0 Å². The van der Waals surface area contributed by atoms with Crippen LogP contribution in [0.1, 0.15) is 38.4 Å². The molecule has 0 radical (unpaired) electrons. The summed E-state index contributed by atoms with van der Waals surface area (Å²) >= 11 is 0. The number of benzene rings is 1. The number of hydrogen-bond acceptors (Lipinski definition) is 2. The number of hydrogen-bond donors (Lipinski definition) is 0. The highest BCUT2D eigenvalue weighted by Crippen LogP contribution is 2.10. The lowest BCUT2D eigenvalue weighted by Crippen LogP contribution is -2.43. The van der Waals surface area contributed by atoms with Crippen LogP contribution in [0.25, 0.3) is 6.08 Å². The van der Waals surface area contributed by atoms with Crippen molar-refractivity contribution in [1.82, 2.24) is 14.4 Å². The Morgan fingerprint density at radius 3 is 2.38 bits per heavy atom. The van der Waals surface area contributed by atoms with Crippen molar-refractivity contribution < 1.29 is 9.59 Å². The van der Waals surface area contributed by atoms with Gasteiger partial charge < -0.3 is 14.4 Å². The van der Waals surface area contributed by atoms with E-state index in [9.17, 15) is 9.59 Å². The first-order valence-electron chi connectivity index (χ1n) is 10.3. The van der Waals surface area contributed by atoms with Gasteiger partial charge in [-0.2, -0.15) is 0 Å². The first kappa shape index (κ1) is 22.5. The van der Waals surface area contributed by atoms with E-state index in [1.807, 2.05) is 72.1 Å². The third-order valence-electron chi connectivity index (χ3n) is 4.69. The van der Waals surface area contributed by atoms with Crippen LogP contribution < -0.4 is 0 Å². The Balaban J connectivity index is 2.08. The van der Waals surface area contributed by atoms with Gasteiger partial charge in [-0.15, -0.1) is 0 Å². The minimum Gasteiger partial charge on any atom is -0.353 e. The van der Waals surface area contributed by atoms with Gasteiger partial charge in [-0.05, 0) is 36.1 Å². The van der Waals surface area contributed by atoms with Gasteiger partial charge >= 0.3 is 0 Å². The van der Waals surface area contributed by atoms with Gasteiger partial charge in [0.2, 0.25) is 11.8 Å². The van der Waals surface area contributed by atoms with E-state index in [4.69, 9.17) is 0 Å². The molecule has 156 valence electrons. The van der Waals surface area contributed by atoms with Crippen molar-refractivity contribution in [2.45, 2.75) is 33.7 Å². The maximum Gasteiger partial charge on any atom is 0.247 e. The molecule has 5 heteroatoms. The van der Waals surface area contributed by atoms with Crippen molar-refractivity contribution in [2.24, 2.45) is 13.0 Å². The summed E-state index contributed by atoms with van der Waals surface area (Å²) < 4.78 is 2.03. The summed E-state index contributed by atoms with van der Waals surface area (Å²) in [6, 6.07) is 13.7. The fourth-order valence-electron chi connectivity index (χ4n) is 3.19. The van der Waals surface area contributed by atoms with Crippen LogP contribution in [0.15, 0.2) is 54.7 Å². The molecule has 5 nitrogen and oxygen atoms in total. The molecule has 0 aliphatic carbocycles. The van der Waals surface area contributed by atoms with Crippen molar-refractivity contribution in [3.63, 3.8) is 0 Å². The molecule has 0 aliphatic heterocycles. The van der Waals surface area contributed by atoms with Gasteiger partial charge in [-0.25, -0.2) is 0 Å². The Kier molecular flexibility index (Phi) is 8.71. The minimum absolute atomic E-state index is 0.0187. The molecule has 0 N–H and O–H groups in total. The molecule has 0 atom stereocenters. The van der Waals surface area contributed by atoms with Crippen LogP contribution in [0.5, 0.6) is 0 Å². The van der Waals surface area contributed by atoms with Crippen LogP contribution >= 0.6 is 0 Å². The van der Waals surface area contributed by atoms with Gasteiger partial charge in [-0.1, -0.05) is 51.1 Å². The molecule has 0 bridgehead atoms. The van der Waals surface area contributed by atoms with Crippen LogP contribution in [0, 0.1) is 5.92 Å². The zero-order valence-corrected chi connectivity index (χ0v) is 18.0. The summed E-state index contributed by atoms with van der Waals surface area (Å²) in [6.45, 7) is 8.09. The number of aryl methyl sites for hydroxylation is 1. The second-order valence-corrected chi connectivity index (χ2v) is 7.78. The molecule has 0 saturated heterocycles. The molecule has 1 heterocycles. The predicted molar refractivity (Wildman–Crippen MR) is 118 cm³/mol. The standard InChI is InChI=1S/C24H33N3O2/c1-5-15-26(23(28)14-13-21-10-7-6-8-11-21)19-24(29)27(17-20(2)3)18-22-12-9-16-25(22)4/h6-14,16,20H,5,15,17-19H2,1-4H3/b14-13+. The molecular weight excluding hydrogens is 362 g/mol. The highest BCUT2D eigenvalue weighted by atomic mass is 16.2. The monoisotopic (exact) mass is 395 g/mol. The van der Waals surface area contributed by atoms with Crippen LogP contribution in [-0.2, 0) is 23.2 Å². The number of amides is 2. The Hall–Kier alpha value is -2.82. The topological polar surface area (TPSA) is 45.6 Å². The third kappa shape index (κ3) is 7.26. The van der Waals surface area contributed by atoms with Gasteiger partial charge in [0.25, 0.3) is 0 Å². The third-order valence-corrected chi connectivity index (χ3v) is 4.69. The maximum atomic E-state index is 13.1. The van der Waals surface area contributed by atoms with E-state index in [1.54, 1.807) is 17.1 Å². The van der Waals surface area contributed by atoms with E-state index in [1.165, 1.54) is 0 Å². The second kappa shape index (κ2) is 11.2. The highest BCUT2D eigenvalue weighted by molar-refractivity contribution is 5.94. The average Bonchev–Trinajstić information content (AvgIpc) is 3.10. The number of carbonyl (C=O) groups excluding carboxylic acids is 2. The number of aromatic nitrogens is 1. The van der Waals surface area contributed by atoms with E-state index in [2.05, 4.69) is 13.8 Å². The van der Waals surface area contributed by atoms with Gasteiger partial charge in [0.05, 0.1) is 6.54 Å². The number of rotatable bonds is 10. The molecule has 1 aromatic carbocycles. The van der Waals surface area contributed by atoms with Gasteiger partial charge in [0.15, 0.2) is 0 Å². The summed E-state index contributed by atoms with van der Waals surface area (Å²) in [6.07, 6.45) is 6.14. The zero-order valence-electron chi connectivity index (χ0n) is 18.0. The zero-order chi connectivity index (χ0) is 21.2. The lowest BCUT2D eigenvalue weighted by molar-refractivity contribution is -0.139. The largest absolute Gasteiger partial charge is 0.353 e. The van der Waals surface area contributed by atoms with Gasteiger partial charge in [0, 0.05) is 38.1 Å². The molecule has 0 aliphatic rings. The molecule has 0 unspecified atom stereocenters. The highest BCUT2D eigenvalue weighted by Gasteiger charge is 2.21. The quantitative estimate of drug-likeness (QED) is 0.572. The van der Waals surface area contributed by atoms with Crippen molar-refractivity contribution in [1.29, 1.82) is 0 Å². The smallest absolute Gasteiger partial charge is 0.247 e. The molecule has 2 rings (SSSR count). The molecule has 1 aromatic heterocycles. The van der Waals surface area contributed by atoms with Crippen LogP contribution in [0.4, 0.5) is 0 Å². The van der Waals surface area contributed by atoms with Crippen molar-refractivity contribution in [3.8, 4) is 0 Å². The second-order valence-electron chi connectivity index (χ2n) is 7.78. The Morgan fingerprint density at radius 2 is 1.79 bits per heavy atom. The fourth-order valence-corrected chi connectivity index (χ4v) is 3.19. The minimum atomic E-state index is -0.132. The lowest BCUT2D eigenvalue weighted by atomic mass is 10.2. The molecule has 2 aromatic rings. The van der Waals surface area contributed by atoms with E-state index in [-0.39, 0.29) is 18.4 Å². The average molecular weight is 396 g/mol. The summed E-state index contributed by atoms with van der Waals surface area (Å²) in [5.74, 6) is 0.203. The van der Waals surface area contributed by atoms with Gasteiger partial charge in [-0.3, -0.25) is 9.59 Å². The number of carbonyl (C=O) groups is 2. The molecule has 0 spiro atoms. The van der Waals surface area contributed by atoms with Crippen molar-refractivity contribution in [3.05, 3.63) is 66.0 Å². The predicted octanol–water partition coefficient (Wildman–Crippen LogP) is 3.96. The van der Waals surface area contributed by atoms with E-state index < -0.39 is 0 Å².